The first kappa shape index (κ1) is 20.6. The summed E-state index contributed by atoms with van der Waals surface area (Å²) >= 11 is 7.56. The molecule has 0 radical (unpaired) electrons. The number of methoxy groups -OCH3 is 1. The average Bonchev–Trinajstić information content (AvgIpc) is 3.22. The number of anilines is 2. The molecule has 0 saturated carbocycles. The summed E-state index contributed by atoms with van der Waals surface area (Å²) in [4.78, 5) is 26.5. The van der Waals surface area contributed by atoms with Crippen LogP contribution in [0.1, 0.15) is 40.6 Å². The monoisotopic (exact) mass is 421 g/mol. The first-order valence-corrected chi connectivity index (χ1v) is 10.5. The van der Waals surface area contributed by atoms with E-state index in [-0.39, 0.29) is 18.4 Å². The maximum Gasteiger partial charge on any atom is 0.259 e. The molecule has 1 aliphatic rings. The molecule has 0 saturated heterocycles. The van der Waals surface area contributed by atoms with Gasteiger partial charge in [0.15, 0.2) is 0 Å². The highest BCUT2D eigenvalue weighted by atomic mass is 35.5. The smallest absolute Gasteiger partial charge is 0.259 e. The number of carbonyl (C=O) groups is 2. The maximum atomic E-state index is 13.1. The Morgan fingerprint density at radius 2 is 2.07 bits per heavy atom. The predicted molar refractivity (Wildman–Crippen MR) is 114 cm³/mol. The van der Waals surface area contributed by atoms with E-state index in [1.165, 1.54) is 23.3 Å². The molecule has 0 spiro atoms. The number of thiophene rings is 1. The number of nitrogens with one attached hydrogen (secondary N) is 3. The molecular weight excluding hydrogens is 398 g/mol. The van der Waals surface area contributed by atoms with Gasteiger partial charge in [0.05, 0.1) is 24.9 Å². The minimum absolute atomic E-state index is 0.150. The fraction of sp³-hybridized carbons (Fsp3) is 0.400. The molecule has 28 heavy (non-hydrogen) atoms. The Balaban J connectivity index is 1.83. The zero-order valence-electron chi connectivity index (χ0n) is 16.0. The van der Waals surface area contributed by atoms with Gasteiger partial charge in [-0.3, -0.25) is 9.59 Å². The van der Waals surface area contributed by atoms with Gasteiger partial charge in [-0.15, -0.1) is 11.3 Å². The van der Waals surface area contributed by atoms with E-state index < -0.39 is 0 Å². The summed E-state index contributed by atoms with van der Waals surface area (Å²) in [5.74, 6) is 0.110. The number of carbonyl (C=O) groups excluding carboxylic acids is 2. The molecule has 2 amide bonds. The van der Waals surface area contributed by atoms with E-state index in [9.17, 15) is 9.59 Å². The number of aryl methyl sites for hydroxylation is 1. The van der Waals surface area contributed by atoms with Gasteiger partial charge in [-0.2, -0.15) is 0 Å². The van der Waals surface area contributed by atoms with E-state index >= 15 is 0 Å². The minimum atomic E-state index is -0.267. The van der Waals surface area contributed by atoms with Crippen LogP contribution in [0, 0.1) is 0 Å². The van der Waals surface area contributed by atoms with Gasteiger partial charge in [-0.25, -0.2) is 0 Å². The summed E-state index contributed by atoms with van der Waals surface area (Å²) in [6, 6.07) is 5.06. The predicted octanol–water partition coefficient (Wildman–Crippen LogP) is 4.09. The first-order valence-electron chi connectivity index (χ1n) is 9.33. The molecule has 6 nitrogen and oxygen atoms in total. The largest absolute Gasteiger partial charge is 0.495 e. The maximum absolute atomic E-state index is 13.1. The molecule has 0 fully saturated rings. The number of hydrogen-bond donors (Lipinski definition) is 3. The zero-order chi connectivity index (χ0) is 20.1. The number of rotatable bonds is 8. The summed E-state index contributed by atoms with van der Waals surface area (Å²) in [5, 5.41) is 9.98. The fourth-order valence-electron chi connectivity index (χ4n) is 3.24. The highest BCUT2D eigenvalue weighted by molar-refractivity contribution is 7.17. The Labute approximate surface area is 173 Å². The molecule has 1 aliphatic carbocycles. The Kier molecular flexibility index (Phi) is 6.93. The van der Waals surface area contributed by atoms with Gasteiger partial charge in [-0.05, 0) is 56.0 Å². The van der Waals surface area contributed by atoms with Crippen molar-refractivity contribution in [3.63, 3.8) is 0 Å². The normalized spacial score (nSPS) is 12.5. The Bertz CT molecular complexity index is 882. The Morgan fingerprint density at radius 3 is 2.82 bits per heavy atom. The van der Waals surface area contributed by atoms with Crippen LogP contribution in [0.5, 0.6) is 5.75 Å². The van der Waals surface area contributed by atoms with Gasteiger partial charge in [0, 0.05) is 9.90 Å². The molecule has 1 aromatic heterocycles. The summed E-state index contributed by atoms with van der Waals surface area (Å²) < 4.78 is 5.31. The molecule has 1 aromatic carbocycles. The van der Waals surface area contributed by atoms with Crippen LogP contribution in [0.3, 0.4) is 0 Å². The molecule has 2 aromatic rings. The quantitative estimate of drug-likeness (QED) is 0.561. The van der Waals surface area contributed by atoms with Gasteiger partial charge in [0.25, 0.3) is 5.91 Å². The molecule has 0 bridgehead atoms. The second-order valence-electron chi connectivity index (χ2n) is 6.59. The van der Waals surface area contributed by atoms with Crippen molar-refractivity contribution >= 4 is 45.4 Å². The van der Waals surface area contributed by atoms with E-state index in [2.05, 4.69) is 16.0 Å². The number of ether oxygens (including phenoxy) is 1. The second kappa shape index (κ2) is 9.41. The van der Waals surface area contributed by atoms with Gasteiger partial charge < -0.3 is 20.7 Å². The molecule has 0 unspecified atom stereocenters. The van der Waals surface area contributed by atoms with Crippen LogP contribution in [-0.2, 0) is 17.6 Å². The lowest BCUT2D eigenvalue weighted by Crippen LogP contribution is -2.29. The Hall–Kier alpha value is -2.09. The van der Waals surface area contributed by atoms with Crippen molar-refractivity contribution in [2.75, 3.05) is 30.8 Å². The number of benzene rings is 1. The second-order valence-corrected chi connectivity index (χ2v) is 8.13. The van der Waals surface area contributed by atoms with Crippen LogP contribution in [-0.4, -0.2) is 32.0 Å². The van der Waals surface area contributed by atoms with Crippen LogP contribution in [0.2, 0.25) is 5.02 Å². The molecule has 3 rings (SSSR count). The topological polar surface area (TPSA) is 79.5 Å². The van der Waals surface area contributed by atoms with Crippen molar-refractivity contribution in [3.05, 3.63) is 39.2 Å². The molecule has 150 valence electrons. The van der Waals surface area contributed by atoms with E-state index in [0.29, 0.717) is 27.0 Å². The van der Waals surface area contributed by atoms with E-state index in [0.717, 1.165) is 37.8 Å². The molecule has 8 heteroatoms. The number of hydrogen-bond acceptors (Lipinski definition) is 5. The average molecular weight is 422 g/mol. The number of amides is 2. The van der Waals surface area contributed by atoms with Gasteiger partial charge in [0.1, 0.15) is 10.8 Å². The van der Waals surface area contributed by atoms with Crippen LogP contribution in [0.15, 0.2) is 18.2 Å². The van der Waals surface area contributed by atoms with Gasteiger partial charge >= 0.3 is 0 Å². The molecule has 0 atom stereocenters. The molecule has 1 heterocycles. The lowest BCUT2D eigenvalue weighted by Gasteiger charge is -2.12. The molecule has 0 aliphatic heterocycles. The van der Waals surface area contributed by atoms with Crippen LogP contribution in [0.25, 0.3) is 0 Å². The Morgan fingerprint density at radius 1 is 1.25 bits per heavy atom. The standard InChI is InChI=1S/C20H24ClN3O3S/c1-3-9-22-11-17(25)24-20-18(13-5-4-6-16(13)28-20)19(26)23-14-10-12(21)7-8-15(14)27-2/h7-8,10,22H,3-6,9,11H2,1-2H3,(H,23,26)(H,24,25). The highest BCUT2D eigenvalue weighted by Gasteiger charge is 2.28. The van der Waals surface area contributed by atoms with Crippen molar-refractivity contribution in [2.24, 2.45) is 0 Å². The third-order valence-electron chi connectivity index (χ3n) is 4.52. The number of fused-ring (bicyclic) bond motifs is 1. The SMILES string of the molecule is CCCNCC(=O)Nc1sc2c(c1C(=O)Nc1cc(Cl)ccc1OC)CCC2. The zero-order valence-corrected chi connectivity index (χ0v) is 17.6. The van der Waals surface area contributed by atoms with Crippen molar-refractivity contribution in [1.82, 2.24) is 5.32 Å². The third-order valence-corrected chi connectivity index (χ3v) is 5.97. The summed E-state index contributed by atoms with van der Waals surface area (Å²) in [6.45, 7) is 3.04. The molecular formula is C20H24ClN3O3S. The van der Waals surface area contributed by atoms with Gasteiger partial charge in [0.2, 0.25) is 5.91 Å². The van der Waals surface area contributed by atoms with E-state index in [1.807, 2.05) is 6.92 Å². The summed E-state index contributed by atoms with van der Waals surface area (Å²) in [5.41, 5.74) is 2.07. The third kappa shape index (κ3) is 4.66. The lowest BCUT2D eigenvalue weighted by molar-refractivity contribution is -0.115. The van der Waals surface area contributed by atoms with E-state index in [4.69, 9.17) is 16.3 Å². The van der Waals surface area contributed by atoms with Gasteiger partial charge in [-0.1, -0.05) is 18.5 Å². The van der Waals surface area contributed by atoms with Crippen molar-refractivity contribution in [1.29, 1.82) is 0 Å². The summed E-state index contributed by atoms with van der Waals surface area (Å²) in [7, 11) is 1.54. The van der Waals surface area contributed by atoms with Crippen LogP contribution >= 0.6 is 22.9 Å². The van der Waals surface area contributed by atoms with Crippen molar-refractivity contribution < 1.29 is 14.3 Å². The van der Waals surface area contributed by atoms with E-state index in [1.54, 1.807) is 18.2 Å². The first-order chi connectivity index (χ1) is 13.5. The molecule has 3 N–H and O–H groups in total. The van der Waals surface area contributed by atoms with Crippen LogP contribution in [0.4, 0.5) is 10.7 Å². The van der Waals surface area contributed by atoms with Crippen molar-refractivity contribution in [2.45, 2.75) is 32.6 Å². The fourth-order valence-corrected chi connectivity index (χ4v) is 4.72. The minimum Gasteiger partial charge on any atom is -0.495 e. The number of halogens is 1. The highest BCUT2D eigenvalue weighted by Crippen LogP contribution is 2.40. The lowest BCUT2D eigenvalue weighted by atomic mass is 10.1. The van der Waals surface area contributed by atoms with Crippen LogP contribution < -0.4 is 20.7 Å². The van der Waals surface area contributed by atoms with Crippen molar-refractivity contribution in [3.8, 4) is 5.75 Å². The summed E-state index contributed by atoms with van der Waals surface area (Å²) in [6.07, 6.45) is 3.75.